The number of amides is 1. The summed E-state index contributed by atoms with van der Waals surface area (Å²) in [7, 11) is 1.89. The van der Waals surface area contributed by atoms with E-state index < -0.39 is 17.5 Å². The molecule has 1 saturated heterocycles. The number of anilines is 1. The number of fused-ring (bicyclic) bond motifs is 1. The van der Waals surface area contributed by atoms with Gasteiger partial charge in [0.15, 0.2) is 0 Å². The van der Waals surface area contributed by atoms with Gasteiger partial charge in [-0.2, -0.15) is 0 Å². The van der Waals surface area contributed by atoms with Gasteiger partial charge in [-0.25, -0.2) is 0 Å². The second-order valence-corrected chi connectivity index (χ2v) is 9.94. The van der Waals surface area contributed by atoms with Crippen molar-refractivity contribution in [2.45, 2.75) is 24.5 Å². The van der Waals surface area contributed by atoms with Crippen molar-refractivity contribution in [2.75, 3.05) is 38.3 Å². The van der Waals surface area contributed by atoms with Crippen LogP contribution in [0.4, 0.5) is 5.69 Å². The fourth-order valence-electron chi connectivity index (χ4n) is 4.37. The summed E-state index contributed by atoms with van der Waals surface area (Å²) in [5.74, 6) is 5.76. The van der Waals surface area contributed by atoms with Crippen molar-refractivity contribution in [1.82, 2.24) is 10.3 Å². The number of para-hydroxylation sites is 1. The van der Waals surface area contributed by atoms with Gasteiger partial charge < -0.3 is 34.3 Å². The Labute approximate surface area is 242 Å². The predicted molar refractivity (Wildman–Crippen MR) is 151 cm³/mol. The van der Waals surface area contributed by atoms with Crippen molar-refractivity contribution in [1.29, 1.82) is 0 Å². The second-order valence-electron chi connectivity index (χ2n) is 9.94. The maximum absolute atomic E-state index is 13.0. The number of rotatable bonds is 8. The Hall–Kier alpha value is -5.08. The number of hydrogen-bond donors (Lipinski definition) is 2. The fourth-order valence-corrected chi connectivity index (χ4v) is 4.37. The molecule has 0 spiro atoms. The van der Waals surface area contributed by atoms with Crippen LogP contribution in [-0.2, 0) is 19.1 Å². The average molecular weight is 572 g/mol. The molecule has 2 aliphatic heterocycles. The highest BCUT2D eigenvalue weighted by Crippen LogP contribution is 2.31. The van der Waals surface area contributed by atoms with Gasteiger partial charge in [-0.1, -0.05) is 24.1 Å². The van der Waals surface area contributed by atoms with Crippen LogP contribution < -0.4 is 19.7 Å². The molecule has 3 heterocycles. The number of likely N-dealkylation sites (N-methyl/N-ethyl adjacent to an activating group) is 1. The van der Waals surface area contributed by atoms with Crippen LogP contribution >= 0.6 is 0 Å². The number of aromatic nitrogens is 1. The Kier molecular flexibility index (Phi) is 8.55. The van der Waals surface area contributed by atoms with Crippen LogP contribution in [0, 0.1) is 11.8 Å². The van der Waals surface area contributed by atoms with Gasteiger partial charge in [0.05, 0.1) is 24.6 Å². The number of carbonyl (C=O) groups excluding carboxylic acids is 2. The lowest BCUT2D eigenvalue weighted by molar-refractivity contribution is -0.192. The standard InChI is InChI=1S/C31H29N3O8/c1-34-17-22(33-30(38)25-16-24(12-14-32-25)41-23-5-3-2-4-6-23)18-40-27-8-7-21(15-26(27)34)11-13-31(19-39-20-31)42-29(37)10-9-28(35)36/h2-8,12,14-16,22H,9-10,17-20H2,1H3,(H,33,38)(H,35,36)/t22-/m0/s1. The van der Waals surface area contributed by atoms with Crippen molar-refractivity contribution < 1.29 is 38.4 Å². The van der Waals surface area contributed by atoms with Crippen LogP contribution in [-0.4, -0.2) is 73.0 Å². The number of carbonyl (C=O) groups is 3. The van der Waals surface area contributed by atoms with Gasteiger partial charge in [0, 0.05) is 31.4 Å². The molecule has 3 aromatic rings. The molecule has 42 heavy (non-hydrogen) atoms. The third-order valence-electron chi connectivity index (χ3n) is 6.54. The Morgan fingerprint density at radius 2 is 1.90 bits per heavy atom. The zero-order valence-corrected chi connectivity index (χ0v) is 22.9. The predicted octanol–water partition coefficient (Wildman–Crippen LogP) is 3.03. The molecule has 2 aromatic carbocycles. The molecule has 11 nitrogen and oxygen atoms in total. The van der Waals surface area contributed by atoms with Crippen molar-refractivity contribution in [3.05, 3.63) is 78.1 Å². The van der Waals surface area contributed by atoms with Crippen molar-refractivity contribution in [3.8, 4) is 29.1 Å². The Balaban J connectivity index is 1.22. The van der Waals surface area contributed by atoms with Crippen LogP contribution in [0.25, 0.3) is 0 Å². The molecule has 0 bridgehead atoms. The van der Waals surface area contributed by atoms with Gasteiger partial charge in [0.2, 0.25) is 5.60 Å². The number of nitrogens with one attached hydrogen (secondary N) is 1. The smallest absolute Gasteiger partial charge is 0.308 e. The van der Waals surface area contributed by atoms with Crippen LogP contribution in [0.15, 0.2) is 66.9 Å². The van der Waals surface area contributed by atoms with E-state index in [0.717, 1.165) is 5.69 Å². The summed E-state index contributed by atoms with van der Waals surface area (Å²) in [6, 6.07) is 17.7. The van der Waals surface area contributed by atoms with Crippen molar-refractivity contribution >= 4 is 23.5 Å². The first-order valence-corrected chi connectivity index (χ1v) is 13.3. The molecule has 1 amide bonds. The number of carboxylic acid groups (broad SMARTS) is 1. The third-order valence-corrected chi connectivity index (χ3v) is 6.54. The van der Waals surface area contributed by atoms with Crippen LogP contribution in [0.5, 0.6) is 17.2 Å². The Morgan fingerprint density at radius 1 is 1.10 bits per heavy atom. The summed E-state index contributed by atoms with van der Waals surface area (Å²) in [5, 5.41) is 11.8. The van der Waals surface area contributed by atoms with E-state index in [9.17, 15) is 14.4 Å². The minimum Gasteiger partial charge on any atom is -0.489 e. The maximum atomic E-state index is 13.0. The molecule has 0 radical (unpaired) electrons. The number of nitrogens with zero attached hydrogens (tertiary/aromatic N) is 2. The summed E-state index contributed by atoms with van der Waals surface area (Å²) >= 11 is 0. The van der Waals surface area contributed by atoms with E-state index in [1.807, 2.05) is 48.3 Å². The first kappa shape index (κ1) is 28.4. The van der Waals surface area contributed by atoms with E-state index >= 15 is 0 Å². The van der Waals surface area contributed by atoms with E-state index in [1.165, 1.54) is 6.20 Å². The highest BCUT2D eigenvalue weighted by Gasteiger charge is 2.41. The fraction of sp³-hybridized carbons (Fsp3) is 0.290. The molecule has 1 fully saturated rings. The number of hydrogen-bond acceptors (Lipinski definition) is 9. The van der Waals surface area contributed by atoms with Crippen LogP contribution in [0.2, 0.25) is 0 Å². The minimum atomic E-state index is -1.10. The summed E-state index contributed by atoms with van der Waals surface area (Å²) < 4.78 is 22.5. The molecule has 1 atom stereocenters. The quantitative estimate of drug-likeness (QED) is 0.307. The van der Waals surface area contributed by atoms with E-state index in [0.29, 0.717) is 29.4 Å². The summed E-state index contributed by atoms with van der Waals surface area (Å²) in [4.78, 5) is 42.0. The largest absolute Gasteiger partial charge is 0.489 e. The molecule has 216 valence electrons. The highest BCUT2D eigenvalue weighted by molar-refractivity contribution is 5.93. The molecular weight excluding hydrogens is 542 g/mol. The van der Waals surface area contributed by atoms with Crippen LogP contribution in [0.1, 0.15) is 28.9 Å². The monoisotopic (exact) mass is 571 g/mol. The van der Waals surface area contributed by atoms with Gasteiger partial charge in [-0.05, 0) is 42.3 Å². The number of aliphatic carboxylic acids is 1. The average Bonchev–Trinajstić information content (AvgIpc) is 3.11. The number of esters is 1. The minimum absolute atomic E-state index is 0.115. The van der Waals surface area contributed by atoms with E-state index in [2.05, 4.69) is 22.1 Å². The molecule has 0 aliphatic carbocycles. The third kappa shape index (κ3) is 7.16. The van der Waals surface area contributed by atoms with Gasteiger partial charge in [0.25, 0.3) is 5.91 Å². The SMILES string of the molecule is CN1C[C@H](NC(=O)c2cc(Oc3ccccc3)ccn2)COc2ccc(C#CC3(OC(=O)CCC(=O)O)COC3)cc21. The molecule has 0 saturated carbocycles. The van der Waals surface area contributed by atoms with Crippen molar-refractivity contribution in [2.24, 2.45) is 0 Å². The normalized spacial score (nSPS) is 16.7. The molecule has 11 heteroatoms. The highest BCUT2D eigenvalue weighted by atomic mass is 16.6. The van der Waals surface area contributed by atoms with Gasteiger partial charge >= 0.3 is 11.9 Å². The Morgan fingerprint density at radius 3 is 2.64 bits per heavy atom. The summed E-state index contributed by atoms with van der Waals surface area (Å²) in [6.07, 6.45) is 0.978. The number of ether oxygens (including phenoxy) is 4. The molecule has 2 N–H and O–H groups in total. The van der Waals surface area contributed by atoms with Crippen LogP contribution in [0.3, 0.4) is 0 Å². The molecule has 2 aliphatic rings. The topological polar surface area (TPSA) is 137 Å². The Bertz CT molecular complexity index is 1530. The lowest BCUT2D eigenvalue weighted by Crippen LogP contribution is -2.52. The molecule has 0 unspecified atom stereocenters. The molecule has 5 rings (SSSR count). The zero-order valence-electron chi connectivity index (χ0n) is 22.9. The summed E-state index contributed by atoms with van der Waals surface area (Å²) in [5.41, 5.74) is 0.576. The first-order valence-electron chi connectivity index (χ1n) is 13.3. The second kappa shape index (κ2) is 12.6. The van der Waals surface area contributed by atoms with Crippen molar-refractivity contribution in [3.63, 3.8) is 0 Å². The first-order chi connectivity index (χ1) is 20.3. The number of carboxylic acids is 1. The molecular formula is C31H29N3O8. The van der Waals surface area contributed by atoms with E-state index in [-0.39, 0.29) is 50.3 Å². The van der Waals surface area contributed by atoms with Gasteiger partial charge in [-0.15, -0.1) is 0 Å². The van der Waals surface area contributed by atoms with E-state index in [1.54, 1.807) is 24.3 Å². The lowest BCUT2D eigenvalue weighted by Gasteiger charge is -2.35. The zero-order chi connectivity index (χ0) is 29.5. The van der Waals surface area contributed by atoms with Gasteiger partial charge in [-0.3, -0.25) is 19.4 Å². The number of benzene rings is 2. The maximum Gasteiger partial charge on any atom is 0.308 e. The summed E-state index contributed by atoms with van der Waals surface area (Å²) in [6.45, 7) is 0.949. The molecule has 1 aromatic heterocycles. The number of pyridine rings is 1. The van der Waals surface area contributed by atoms with E-state index in [4.69, 9.17) is 24.1 Å². The van der Waals surface area contributed by atoms with Gasteiger partial charge in [0.1, 0.15) is 42.8 Å². The lowest BCUT2D eigenvalue weighted by atomic mass is 10.0.